The summed E-state index contributed by atoms with van der Waals surface area (Å²) in [6, 6.07) is 7.29. The van der Waals surface area contributed by atoms with Gasteiger partial charge in [-0.05, 0) is 18.2 Å². The van der Waals surface area contributed by atoms with Crippen molar-refractivity contribution in [2.45, 2.75) is 4.90 Å². The monoisotopic (exact) mass is 332 g/mol. The van der Waals surface area contributed by atoms with Gasteiger partial charge in [0, 0.05) is 12.3 Å². The molecule has 1 heterocycles. The molecule has 0 bridgehead atoms. The van der Waals surface area contributed by atoms with Crippen molar-refractivity contribution >= 4 is 44.7 Å². The number of halogens is 2. The molecule has 1 aromatic heterocycles. The van der Waals surface area contributed by atoms with Crippen molar-refractivity contribution in [2.75, 3.05) is 10.1 Å². The van der Waals surface area contributed by atoms with Crippen molar-refractivity contribution in [3.8, 4) is 0 Å². The molecule has 1 aromatic carbocycles. The lowest BCUT2D eigenvalue weighted by Crippen LogP contribution is -2.15. The molecule has 9 heteroatoms. The number of rotatable bonds is 4. The minimum Gasteiger partial charge on any atom is -0.308 e. The zero-order valence-corrected chi connectivity index (χ0v) is 12.3. The molecule has 0 saturated carbocycles. The van der Waals surface area contributed by atoms with E-state index in [1.807, 2.05) is 0 Å². The smallest absolute Gasteiger partial charge is 0.262 e. The van der Waals surface area contributed by atoms with Crippen molar-refractivity contribution in [3.05, 3.63) is 46.6 Å². The summed E-state index contributed by atoms with van der Waals surface area (Å²) in [4.78, 5) is 3.82. The standard InChI is InChI=1S/C11H10Cl2N4O2S/c12-8-2-1-3-9(13)11(8)17-20(18,19)7-4-5-15-10(6-7)16-14/h1-6,17H,14H2,(H,15,16). The number of para-hydroxylation sites is 1. The number of aromatic nitrogens is 1. The molecule has 0 saturated heterocycles. The number of nitrogens with one attached hydrogen (secondary N) is 2. The zero-order chi connectivity index (χ0) is 14.8. The van der Waals surface area contributed by atoms with Crippen LogP contribution in [0.1, 0.15) is 0 Å². The molecule has 0 aliphatic carbocycles. The molecular formula is C11H10Cl2N4O2S. The van der Waals surface area contributed by atoms with Gasteiger partial charge < -0.3 is 5.43 Å². The third-order valence-corrected chi connectivity index (χ3v) is 4.37. The predicted octanol–water partition coefficient (Wildman–Crippen LogP) is 2.47. The minimum atomic E-state index is -3.85. The Morgan fingerprint density at radius 2 is 1.80 bits per heavy atom. The lowest BCUT2D eigenvalue weighted by Gasteiger charge is -2.11. The SMILES string of the molecule is NNc1cc(S(=O)(=O)Nc2c(Cl)cccc2Cl)ccn1. The van der Waals surface area contributed by atoms with Gasteiger partial charge in [-0.3, -0.25) is 4.72 Å². The molecule has 0 amide bonds. The third kappa shape index (κ3) is 3.13. The van der Waals surface area contributed by atoms with Crippen LogP contribution in [0.3, 0.4) is 0 Å². The van der Waals surface area contributed by atoms with Gasteiger partial charge in [-0.1, -0.05) is 29.3 Å². The number of sulfonamides is 1. The van der Waals surface area contributed by atoms with Gasteiger partial charge in [0.05, 0.1) is 20.6 Å². The van der Waals surface area contributed by atoms with E-state index in [-0.39, 0.29) is 26.4 Å². The van der Waals surface area contributed by atoms with Gasteiger partial charge >= 0.3 is 0 Å². The maximum Gasteiger partial charge on any atom is 0.262 e. The summed E-state index contributed by atoms with van der Waals surface area (Å²) in [5, 5.41) is 0.402. The van der Waals surface area contributed by atoms with Crippen molar-refractivity contribution in [2.24, 2.45) is 5.84 Å². The van der Waals surface area contributed by atoms with Gasteiger partial charge in [-0.15, -0.1) is 0 Å². The summed E-state index contributed by atoms with van der Waals surface area (Å²) in [7, 11) is -3.85. The summed E-state index contributed by atoms with van der Waals surface area (Å²) in [6.45, 7) is 0. The molecule has 0 spiro atoms. The Labute approximate surface area is 125 Å². The number of nitrogen functional groups attached to an aromatic ring is 1. The Hall–Kier alpha value is -1.54. The summed E-state index contributed by atoms with van der Waals surface area (Å²) < 4.78 is 26.8. The van der Waals surface area contributed by atoms with Crippen molar-refractivity contribution in [1.82, 2.24) is 4.98 Å². The van der Waals surface area contributed by atoms with E-state index in [1.165, 1.54) is 30.5 Å². The Bertz CT molecular complexity index is 717. The van der Waals surface area contributed by atoms with Gasteiger partial charge in [0.1, 0.15) is 5.82 Å². The highest BCUT2D eigenvalue weighted by molar-refractivity contribution is 7.92. The fourth-order valence-corrected chi connectivity index (χ4v) is 3.16. The van der Waals surface area contributed by atoms with Crippen LogP contribution in [0.4, 0.5) is 11.5 Å². The molecule has 0 aliphatic rings. The van der Waals surface area contributed by atoms with Crippen LogP contribution in [0.15, 0.2) is 41.4 Å². The molecule has 4 N–H and O–H groups in total. The fraction of sp³-hybridized carbons (Fsp3) is 0. The second-order valence-electron chi connectivity index (χ2n) is 3.72. The molecule has 0 unspecified atom stereocenters. The largest absolute Gasteiger partial charge is 0.308 e. The highest BCUT2D eigenvalue weighted by Crippen LogP contribution is 2.31. The first-order valence-electron chi connectivity index (χ1n) is 5.33. The van der Waals surface area contributed by atoms with Gasteiger partial charge in [-0.25, -0.2) is 19.2 Å². The average Bonchev–Trinajstić information content (AvgIpc) is 2.43. The van der Waals surface area contributed by atoms with Crippen LogP contribution in [0, 0.1) is 0 Å². The number of nitrogens with two attached hydrogens (primary N) is 1. The van der Waals surface area contributed by atoms with E-state index in [4.69, 9.17) is 29.0 Å². The molecule has 0 atom stereocenters. The Balaban J connectivity index is 2.41. The number of hydrogen-bond donors (Lipinski definition) is 3. The van der Waals surface area contributed by atoms with Crippen LogP contribution < -0.4 is 16.0 Å². The number of benzene rings is 1. The van der Waals surface area contributed by atoms with E-state index < -0.39 is 10.0 Å². The molecule has 6 nitrogen and oxygen atoms in total. The van der Waals surface area contributed by atoms with Crippen LogP contribution in [0.25, 0.3) is 0 Å². The molecule has 0 radical (unpaired) electrons. The molecule has 2 aromatic rings. The average molecular weight is 333 g/mol. The maximum atomic E-state index is 12.2. The first-order valence-corrected chi connectivity index (χ1v) is 7.57. The molecule has 2 rings (SSSR count). The van der Waals surface area contributed by atoms with Gasteiger partial charge in [-0.2, -0.15) is 0 Å². The molecule has 0 fully saturated rings. The second-order valence-corrected chi connectivity index (χ2v) is 6.22. The number of nitrogens with zero attached hydrogens (tertiary/aromatic N) is 1. The summed E-state index contributed by atoms with van der Waals surface area (Å²) >= 11 is 11.9. The van der Waals surface area contributed by atoms with Crippen LogP contribution >= 0.6 is 23.2 Å². The Kier molecular flexibility index (Phi) is 4.34. The van der Waals surface area contributed by atoms with Gasteiger partial charge in [0.15, 0.2) is 0 Å². The fourth-order valence-electron chi connectivity index (χ4n) is 1.45. The second kappa shape index (κ2) is 5.84. The molecule has 20 heavy (non-hydrogen) atoms. The maximum absolute atomic E-state index is 12.2. The van der Waals surface area contributed by atoms with Crippen molar-refractivity contribution in [3.63, 3.8) is 0 Å². The molecule has 106 valence electrons. The van der Waals surface area contributed by atoms with Crippen molar-refractivity contribution < 1.29 is 8.42 Å². The predicted molar refractivity (Wildman–Crippen MR) is 79.3 cm³/mol. The van der Waals surface area contributed by atoms with E-state index in [0.29, 0.717) is 0 Å². The lowest BCUT2D eigenvalue weighted by atomic mass is 10.3. The number of hydrazine groups is 1. The normalized spacial score (nSPS) is 11.2. The van der Waals surface area contributed by atoms with E-state index >= 15 is 0 Å². The number of anilines is 2. The quantitative estimate of drug-likeness (QED) is 0.590. The first kappa shape index (κ1) is 14.9. The van der Waals surface area contributed by atoms with Crippen molar-refractivity contribution in [1.29, 1.82) is 0 Å². The van der Waals surface area contributed by atoms with Gasteiger partial charge in [0.2, 0.25) is 0 Å². The number of hydrogen-bond acceptors (Lipinski definition) is 5. The summed E-state index contributed by atoms with van der Waals surface area (Å²) in [6.07, 6.45) is 1.32. The van der Waals surface area contributed by atoms with E-state index in [0.717, 1.165) is 0 Å². The zero-order valence-electron chi connectivity index (χ0n) is 9.97. The molecular weight excluding hydrogens is 323 g/mol. The third-order valence-electron chi connectivity index (χ3n) is 2.39. The van der Waals surface area contributed by atoms with Crippen LogP contribution in [-0.4, -0.2) is 13.4 Å². The first-order chi connectivity index (χ1) is 9.44. The van der Waals surface area contributed by atoms with Crippen LogP contribution in [-0.2, 0) is 10.0 Å². The van der Waals surface area contributed by atoms with Gasteiger partial charge in [0.25, 0.3) is 10.0 Å². The topological polar surface area (TPSA) is 97.1 Å². The summed E-state index contributed by atoms with van der Waals surface area (Å²) in [5.74, 6) is 5.41. The summed E-state index contributed by atoms with van der Waals surface area (Å²) in [5.41, 5.74) is 2.39. The highest BCUT2D eigenvalue weighted by Gasteiger charge is 2.18. The number of pyridine rings is 1. The van der Waals surface area contributed by atoms with E-state index in [1.54, 1.807) is 6.07 Å². The van der Waals surface area contributed by atoms with E-state index in [2.05, 4.69) is 15.1 Å². The van der Waals surface area contributed by atoms with E-state index in [9.17, 15) is 8.42 Å². The highest BCUT2D eigenvalue weighted by atomic mass is 35.5. The lowest BCUT2D eigenvalue weighted by molar-refractivity contribution is 0.601. The Morgan fingerprint density at radius 3 is 2.40 bits per heavy atom. The minimum absolute atomic E-state index is 0.0172. The Morgan fingerprint density at radius 1 is 1.15 bits per heavy atom. The molecule has 0 aliphatic heterocycles. The van der Waals surface area contributed by atoms with Crippen LogP contribution in [0.5, 0.6) is 0 Å². The van der Waals surface area contributed by atoms with Crippen LogP contribution in [0.2, 0.25) is 10.0 Å².